The molecule has 6 N–H and O–H groups in total. The SMILES string of the molecule is Cc1c(C)c(NC(C)(C(N)=O)C2CCN(CC(O)c3ccccc3)CC2)c(C)c(C)c1N. The molecule has 2 aromatic rings. The molecule has 0 aromatic heterocycles. The van der Waals surface area contributed by atoms with Crippen LogP contribution in [0.2, 0.25) is 0 Å². The second kappa shape index (κ2) is 9.51. The minimum absolute atomic E-state index is 0.0992. The van der Waals surface area contributed by atoms with Crippen LogP contribution in [0.15, 0.2) is 30.3 Å². The van der Waals surface area contributed by atoms with E-state index in [0.29, 0.717) is 6.54 Å². The lowest BCUT2D eigenvalue weighted by Gasteiger charge is -2.43. The molecule has 3 rings (SSSR count). The zero-order valence-electron chi connectivity index (χ0n) is 20.0. The molecule has 1 fully saturated rings. The second-order valence-electron chi connectivity index (χ2n) is 9.48. The highest BCUT2D eigenvalue weighted by Gasteiger charge is 2.42. The monoisotopic (exact) mass is 438 g/mol. The Bertz CT molecular complexity index is 939. The van der Waals surface area contributed by atoms with Gasteiger partial charge in [0.1, 0.15) is 5.54 Å². The van der Waals surface area contributed by atoms with Gasteiger partial charge in [0, 0.05) is 17.9 Å². The summed E-state index contributed by atoms with van der Waals surface area (Å²) in [5.74, 6) is -0.242. The van der Waals surface area contributed by atoms with Gasteiger partial charge in [0.05, 0.1) is 6.10 Å². The molecule has 2 unspecified atom stereocenters. The van der Waals surface area contributed by atoms with Crippen LogP contribution in [0.3, 0.4) is 0 Å². The maximum atomic E-state index is 12.7. The normalized spacial score (nSPS) is 18.2. The van der Waals surface area contributed by atoms with E-state index in [4.69, 9.17) is 11.5 Å². The number of piperidine rings is 1. The third-order valence-corrected chi connectivity index (χ3v) is 7.60. The van der Waals surface area contributed by atoms with E-state index < -0.39 is 11.6 Å². The largest absolute Gasteiger partial charge is 0.398 e. The fourth-order valence-corrected chi connectivity index (χ4v) is 4.87. The van der Waals surface area contributed by atoms with E-state index in [1.807, 2.05) is 65.0 Å². The molecule has 2 aromatic carbocycles. The van der Waals surface area contributed by atoms with Crippen molar-refractivity contribution in [1.29, 1.82) is 0 Å². The van der Waals surface area contributed by atoms with Crippen molar-refractivity contribution >= 4 is 17.3 Å². The summed E-state index contributed by atoms with van der Waals surface area (Å²) >= 11 is 0. The second-order valence-corrected chi connectivity index (χ2v) is 9.48. The van der Waals surface area contributed by atoms with Crippen LogP contribution in [0.4, 0.5) is 11.4 Å². The highest BCUT2D eigenvalue weighted by molar-refractivity contribution is 5.89. The van der Waals surface area contributed by atoms with Crippen molar-refractivity contribution in [2.75, 3.05) is 30.7 Å². The van der Waals surface area contributed by atoms with E-state index in [0.717, 1.165) is 65.1 Å². The molecular weight excluding hydrogens is 400 g/mol. The summed E-state index contributed by atoms with van der Waals surface area (Å²) in [5, 5.41) is 14.1. The number of hydrogen-bond donors (Lipinski definition) is 4. The summed E-state index contributed by atoms with van der Waals surface area (Å²) in [4.78, 5) is 15.0. The van der Waals surface area contributed by atoms with E-state index in [1.54, 1.807) is 0 Å². The van der Waals surface area contributed by atoms with Gasteiger partial charge in [-0.2, -0.15) is 0 Å². The fraction of sp³-hybridized carbons (Fsp3) is 0.500. The van der Waals surface area contributed by atoms with Crippen LogP contribution in [0, 0.1) is 33.6 Å². The lowest BCUT2D eigenvalue weighted by atomic mass is 9.77. The number of β-amino-alcohol motifs (C(OH)–C–C–N with tert-alkyl or cyclic N) is 1. The molecule has 174 valence electrons. The van der Waals surface area contributed by atoms with Gasteiger partial charge in [0.15, 0.2) is 0 Å². The van der Waals surface area contributed by atoms with Crippen LogP contribution in [-0.2, 0) is 4.79 Å². The summed E-state index contributed by atoms with van der Waals surface area (Å²) in [6.45, 7) is 12.2. The van der Waals surface area contributed by atoms with E-state index in [9.17, 15) is 9.90 Å². The molecule has 1 heterocycles. The molecule has 1 aliphatic heterocycles. The summed E-state index contributed by atoms with van der Waals surface area (Å²) in [6.07, 6.45) is 1.15. The first-order valence-electron chi connectivity index (χ1n) is 11.5. The first-order chi connectivity index (χ1) is 15.1. The predicted octanol–water partition coefficient (Wildman–Crippen LogP) is 3.60. The molecule has 0 aliphatic carbocycles. The van der Waals surface area contributed by atoms with Gasteiger partial charge in [0.25, 0.3) is 0 Å². The van der Waals surface area contributed by atoms with Crippen molar-refractivity contribution in [2.45, 2.75) is 59.1 Å². The van der Waals surface area contributed by atoms with E-state index in [2.05, 4.69) is 10.2 Å². The zero-order chi connectivity index (χ0) is 23.6. The molecule has 32 heavy (non-hydrogen) atoms. The van der Waals surface area contributed by atoms with Crippen molar-refractivity contribution in [3.05, 3.63) is 58.1 Å². The quantitative estimate of drug-likeness (QED) is 0.495. The number of primary amides is 1. The summed E-state index contributed by atoms with van der Waals surface area (Å²) < 4.78 is 0. The van der Waals surface area contributed by atoms with Crippen LogP contribution in [0.5, 0.6) is 0 Å². The number of nitrogens with one attached hydrogen (secondary N) is 1. The minimum atomic E-state index is -0.866. The van der Waals surface area contributed by atoms with Gasteiger partial charge in [-0.1, -0.05) is 30.3 Å². The summed E-state index contributed by atoms with van der Waals surface area (Å²) in [5.41, 5.74) is 18.2. The van der Waals surface area contributed by atoms with E-state index >= 15 is 0 Å². The Labute approximate surface area is 192 Å². The Hall–Kier alpha value is -2.57. The third-order valence-electron chi connectivity index (χ3n) is 7.60. The number of amides is 1. The highest BCUT2D eigenvalue weighted by Crippen LogP contribution is 2.38. The molecule has 6 heteroatoms. The molecule has 2 atom stereocenters. The standard InChI is InChI=1S/C26H38N4O2/c1-16-18(3)24(19(4)17(2)23(16)27)29-26(5,25(28)32)21-11-13-30(14-12-21)15-22(31)20-9-7-6-8-10-20/h6-10,21-22,29,31H,11-15,27H2,1-5H3,(H2,28,32). The number of nitrogens with zero attached hydrogens (tertiary/aromatic N) is 1. The minimum Gasteiger partial charge on any atom is -0.398 e. The number of rotatable bonds is 7. The van der Waals surface area contributed by atoms with Crippen LogP contribution >= 0.6 is 0 Å². The van der Waals surface area contributed by atoms with Crippen molar-refractivity contribution in [3.8, 4) is 0 Å². The third kappa shape index (κ3) is 4.62. The number of likely N-dealkylation sites (tertiary alicyclic amines) is 1. The molecule has 1 amide bonds. The number of benzene rings is 2. The molecule has 1 aliphatic rings. The van der Waals surface area contributed by atoms with E-state index in [1.165, 1.54) is 0 Å². The van der Waals surface area contributed by atoms with Gasteiger partial charge in [-0.05, 0) is 94.3 Å². The number of aliphatic hydroxyl groups excluding tert-OH is 1. The van der Waals surface area contributed by atoms with E-state index in [-0.39, 0.29) is 11.8 Å². The van der Waals surface area contributed by atoms with Crippen molar-refractivity contribution in [3.63, 3.8) is 0 Å². The number of nitrogens with two attached hydrogens (primary N) is 2. The topological polar surface area (TPSA) is 105 Å². The van der Waals surface area contributed by atoms with Crippen molar-refractivity contribution in [2.24, 2.45) is 11.7 Å². The van der Waals surface area contributed by atoms with Crippen molar-refractivity contribution < 1.29 is 9.90 Å². The lowest BCUT2D eigenvalue weighted by molar-refractivity contribution is -0.124. The summed E-state index contributed by atoms with van der Waals surface area (Å²) in [7, 11) is 0. The Morgan fingerprint density at radius 3 is 2.12 bits per heavy atom. The van der Waals surface area contributed by atoms with Crippen LogP contribution < -0.4 is 16.8 Å². The Morgan fingerprint density at radius 1 is 1.09 bits per heavy atom. The number of carbonyl (C=O) groups is 1. The molecule has 1 saturated heterocycles. The maximum absolute atomic E-state index is 12.7. The molecule has 0 radical (unpaired) electrons. The van der Waals surface area contributed by atoms with Gasteiger partial charge >= 0.3 is 0 Å². The molecule has 6 nitrogen and oxygen atoms in total. The first kappa shape index (κ1) is 24.1. The average Bonchev–Trinajstić information content (AvgIpc) is 2.80. The summed E-state index contributed by atoms with van der Waals surface area (Å²) in [6, 6.07) is 9.74. The van der Waals surface area contributed by atoms with Crippen LogP contribution in [0.25, 0.3) is 0 Å². The number of nitrogen functional groups attached to an aromatic ring is 1. The maximum Gasteiger partial charge on any atom is 0.243 e. The van der Waals surface area contributed by atoms with Gasteiger partial charge in [-0.15, -0.1) is 0 Å². The lowest BCUT2D eigenvalue weighted by Crippen LogP contribution is -2.56. The molecular formula is C26H38N4O2. The Kier molecular flexibility index (Phi) is 7.16. The first-order valence-corrected chi connectivity index (χ1v) is 11.5. The number of hydrogen-bond acceptors (Lipinski definition) is 5. The van der Waals surface area contributed by atoms with Gasteiger partial charge < -0.3 is 26.8 Å². The van der Waals surface area contributed by atoms with Gasteiger partial charge in [-0.25, -0.2) is 0 Å². The molecule has 0 bridgehead atoms. The molecule has 0 spiro atoms. The van der Waals surface area contributed by atoms with Gasteiger partial charge in [-0.3, -0.25) is 4.79 Å². The van der Waals surface area contributed by atoms with Gasteiger partial charge in [0.2, 0.25) is 5.91 Å². The van der Waals surface area contributed by atoms with Crippen LogP contribution in [0.1, 0.15) is 53.7 Å². The smallest absolute Gasteiger partial charge is 0.243 e. The Balaban J connectivity index is 1.74. The zero-order valence-corrected chi connectivity index (χ0v) is 20.0. The molecule has 0 saturated carbocycles. The number of anilines is 2. The highest BCUT2D eigenvalue weighted by atomic mass is 16.3. The fourth-order valence-electron chi connectivity index (χ4n) is 4.87. The van der Waals surface area contributed by atoms with Crippen LogP contribution in [-0.4, -0.2) is 41.1 Å². The van der Waals surface area contributed by atoms with Crippen molar-refractivity contribution in [1.82, 2.24) is 4.90 Å². The predicted molar refractivity (Wildman–Crippen MR) is 132 cm³/mol. The number of aliphatic hydroxyl groups is 1. The Morgan fingerprint density at radius 2 is 1.62 bits per heavy atom. The average molecular weight is 439 g/mol. The number of carbonyl (C=O) groups excluding carboxylic acids is 1.